The van der Waals surface area contributed by atoms with E-state index < -0.39 is 0 Å². The monoisotopic (exact) mass is 280 g/mol. The van der Waals surface area contributed by atoms with E-state index in [9.17, 15) is 14.7 Å². The first kappa shape index (κ1) is 13.9. The maximum atomic E-state index is 12.5. The number of carbonyl (C=O) groups excluding carboxylic acids is 2. The van der Waals surface area contributed by atoms with Crippen molar-refractivity contribution in [2.45, 2.75) is 44.6 Å². The maximum Gasteiger partial charge on any atom is 0.227 e. The molecule has 2 aliphatic heterocycles. The maximum absolute atomic E-state index is 12.5. The van der Waals surface area contributed by atoms with Gasteiger partial charge in [-0.05, 0) is 38.5 Å². The number of aliphatic hydroxyl groups is 1. The van der Waals surface area contributed by atoms with Gasteiger partial charge in [-0.2, -0.15) is 0 Å². The molecule has 5 nitrogen and oxygen atoms in total. The highest BCUT2D eigenvalue weighted by atomic mass is 16.3. The Balaban J connectivity index is 1.55. The fraction of sp³-hybridized carbons (Fsp3) is 0.867. The Morgan fingerprint density at radius 1 is 0.800 bits per heavy atom. The molecule has 1 atom stereocenters. The summed E-state index contributed by atoms with van der Waals surface area (Å²) in [7, 11) is 0. The van der Waals surface area contributed by atoms with Gasteiger partial charge < -0.3 is 14.9 Å². The molecule has 20 heavy (non-hydrogen) atoms. The second-order valence-electron chi connectivity index (χ2n) is 6.45. The van der Waals surface area contributed by atoms with Crippen molar-refractivity contribution in [3.63, 3.8) is 0 Å². The Labute approximate surface area is 119 Å². The number of amides is 2. The average molecular weight is 280 g/mol. The minimum atomic E-state index is -0.252. The lowest BCUT2D eigenvalue weighted by molar-refractivity contribution is -0.142. The van der Waals surface area contributed by atoms with E-state index in [0.717, 1.165) is 32.2 Å². The largest absolute Gasteiger partial charge is 0.393 e. The second-order valence-corrected chi connectivity index (χ2v) is 6.45. The van der Waals surface area contributed by atoms with E-state index in [4.69, 9.17) is 0 Å². The van der Waals surface area contributed by atoms with Crippen molar-refractivity contribution >= 4 is 11.8 Å². The number of aliphatic hydroxyl groups excluding tert-OH is 1. The number of hydrogen-bond acceptors (Lipinski definition) is 3. The van der Waals surface area contributed by atoms with Crippen molar-refractivity contribution in [1.29, 1.82) is 0 Å². The van der Waals surface area contributed by atoms with Gasteiger partial charge in [-0.15, -0.1) is 0 Å². The van der Waals surface area contributed by atoms with Gasteiger partial charge in [0.2, 0.25) is 11.8 Å². The van der Waals surface area contributed by atoms with E-state index >= 15 is 0 Å². The zero-order valence-corrected chi connectivity index (χ0v) is 12.0. The van der Waals surface area contributed by atoms with Crippen LogP contribution in [0.2, 0.25) is 0 Å². The summed E-state index contributed by atoms with van der Waals surface area (Å²) in [6.07, 6.45) is 5.00. The molecule has 0 aromatic rings. The predicted molar refractivity (Wildman–Crippen MR) is 73.8 cm³/mol. The highest BCUT2D eigenvalue weighted by Gasteiger charge is 2.37. The van der Waals surface area contributed by atoms with Crippen LogP contribution in [-0.4, -0.2) is 59.0 Å². The Morgan fingerprint density at radius 2 is 1.45 bits per heavy atom. The van der Waals surface area contributed by atoms with Crippen molar-refractivity contribution in [3.05, 3.63) is 0 Å². The second kappa shape index (κ2) is 5.72. The van der Waals surface area contributed by atoms with Gasteiger partial charge in [0.25, 0.3) is 0 Å². The Hall–Kier alpha value is -1.10. The number of rotatable bonds is 2. The number of hydrogen-bond donors (Lipinski definition) is 1. The molecule has 1 saturated carbocycles. The van der Waals surface area contributed by atoms with Crippen LogP contribution in [0.25, 0.3) is 0 Å². The van der Waals surface area contributed by atoms with Crippen LogP contribution < -0.4 is 0 Å². The van der Waals surface area contributed by atoms with Gasteiger partial charge in [0.05, 0.1) is 12.0 Å². The van der Waals surface area contributed by atoms with Gasteiger partial charge >= 0.3 is 0 Å². The highest BCUT2D eigenvalue weighted by Crippen LogP contribution is 2.32. The molecule has 3 fully saturated rings. The number of nitrogens with zero attached hydrogens (tertiary/aromatic N) is 2. The van der Waals surface area contributed by atoms with E-state index in [1.807, 2.05) is 9.80 Å². The van der Waals surface area contributed by atoms with Crippen molar-refractivity contribution in [2.24, 2.45) is 11.8 Å². The summed E-state index contributed by atoms with van der Waals surface area (Å²) in [5, 5.41) is 9.51. The lowest BCUT2D eigenvalue weighted by Gasteiger charge is -2.37. The Kier molecular flexibility index (Phi) is 3.96. The van der Waals surface area contributed by atoms with Gasteiger partial charge in [-0.3, -0.25) is 9.59 Å². The summed E-state index contributed by atoms with van der Waals surface area (Å²) >= 11 is 0. The molecule has 1 N–H and O–H groups in total. The van der Waals surface area contributed by atoms with E-state index in [2.05, 4.69) is 0 Å². The summed E-state index contributed by atoms with van der Waals surface area (Å²) in [5.74, 6) is 0.664. The molecule has 0 aromatic carbocycles. The SMILES string of the molecule is O=C(C1CCCN(C(=O)C2CC2)C1)N1CCC(O)CC1. The molecule has 2 heterocycles. The van der Waals surface area contributed by atoms with Crippen molar-refractivity contribution in [2.75, 3.05) is 26.2 Å². The average Bonchev–Trinajstić information content (AvgIpc) is 3.31. The predicted octanol–water partition coefficient (Wildman–Crippen LogP) is 0.618. The lowest BCUT2D eigenvalue weighted by Crippen LogP contribution is -2.49. The fourth-order valence-corrected chi connectivity index (χ4v) is 3.31. The summed E-state index contributed by atoms with van der Waals surface area (Å²) in [6.45, 7) is 2.74. The van der Waals surface area contributed by atoms with Crippen LogP contribution in [0.1, 0.15) is 38.5 Å². The summed E-state index contributed by atoms with van der Waals surface area (Å²) < 4.78 is 0. The Bertz CT molecular complexity index is 387. The van der Waals surface area contributed by atoms with Gasteiger partial charge in [-0.1, -0.05) is 0 Å². The highest BCUT2D eigenvalue weighted by molar-refractivity contribution is 5.83. The standard InChI is InChI=1S/C15H24N2O3/c18-13-5-8-16(9-6-13)15(20)12-2-1-7-17(10-12)14(19)11-3-4-11/h11-13,18H,1-10H2. The van der Waals surface area contributed by atoms with Gasteiger partial charge in [0.15, 0.2) is 0 Å². The summed E-state index contributed by atoms with van der Waals surface area (Å²) in [4.78, 5) is 28.4. The Morgan fingerprint density at radius 3 is 2.10 bits per heavy atom. The minimum Gasteiger partial charge on any atom is -0.393 e. The van der Waals surface area contributed by atoms with Crippen LogP contribution in [0.3, 0.4) is 0 Å². The molecule has 3 aliphatic rings. The first-order valence-corrected chi connectivity index (χ1v) is 7.91. The van der Waals surface area contributed by atoms with Crippen molar-refractivity contribution < 1.29 is 14.7 Å². The third kappa shape index (κ3) is 2.97. The summed E-state index contributed by atoms with van der Waals surface area (Å²) in [5.41, 5.74) is 0. The molecule has 2 amide bonds. The van der Waals surface area contributed by atoms with Crippen LogP contribution in [0.15, 0.2) is 0 Å². The molecule has 3 rings (SSSR count). The van der Waals surface area contributed by atoms with Crippen LogP contribution in [-0.2, 0) is 9.59 Å². The minimum absolute atomic E-state index is 0.0262. The third-order valence-electron chi connectivity index (χ3n) is 4.79. The lowest BCUT2D eigenvalue weighted by atomic mass is 9.95. The molecule has 1 unspecified atom stereocenters. The third-order valence-corrected chi connectivity index (χ3v) is 4.79. The van der Waals surface area contributed by atoms with E-state index in [1.54, 1.807) is 0 Å². The smallest absolute Gasteiger partial charge is 0.227 e. The molecule has 2 saturated heterocycles. The quantitative estimate of drug-likeness (QED) is 0.806. The van der Waals surface area contributed by atoms with Gasteiger partial charge in [0, 0.05) is 32.1 Å². The number of carbonyl (C=O) groups is 2. The van der Waals surface area contributed by atoms with Crippen molar-refractivity contribution in [3.8, 4) is 0 Å². The molecule has 112 valence electrons. The molecule has 1 aliphatic carbocycles. The molecule has 0 aromatic heterocycles. The molecular formula is C15H24N2O3. The first-order valence-electron chi connectivity index (χ1n) is 7.91. The summed E-state index contributed by atoms with van der Waals surface area (Å²) in [6, 6.07) is 0. The normalized spacial score (nSPS) is 28.6. The van der Waals surface area contributed by atoms with Crippen LogP contribution in [0, 0.1) is 11.8 Å². The van der Waals surface area contributed by atoms with Crippen molar-refractivity contribution in [1.82, 2.24) is 9.80 Å². The molecule has 0 radical (unpaired) electrons. The van der Waals surface area contributed by atoms with Crippen LogP contribution >= 0.6 is 0 Å². The van der Waals surface area contributed by atoms with E-state index in [-0.39, 0.29) is 29.8 Å². The van der Waals surface area contributed by atoms with Gasteiger partial charge in [0.1, 0.15) is 0 Å². The zero-order valence-electron chi connectivity index (χ0n) is 12.0. The van der Waals surface area contributed by atoms with Gasteiger partial charge in [-0.25, -0.2) is 0 Å². The van der Waals surface area contributed by atoms with E-state index in [0.29, 0.717) is 32.5 Å². The number of piperidine rings is 2. The molecular weight excluding hydrogens is 256 g/mol. The number of likely N-dealkylation sites (tertiary alicyclic amines) is 2. The zero-order chi connectivity index (χ0) is 14.1. The molecule has 0 bridgehead atoms. The topological polar surface area (TPSA) is 60.9 Å². The fourth-order valence-electron chi connectivity index (χ4n) is 3.31. The molecule has 5 heteroatoms. The first-order chi connectivity index (χ1) is 9.65. The van der Waals surface area contributed by atoms with Crippen LogP contribution in [0.4, 0.5) is 0 Å². The molecule has 0 spiro atoms. The van der Waals surface area contributed by atoms with Crippen LogP contribution in [0.5, 0.6) is 0 Å². The van der Waals surface area contributed by atoms with E-state index in [1.165, 1.54) is 0 Å².